The maximum absolute atomic E-state index is 11.0. The minimum absolute atomic E-state index is 0.278. The molecule has 2 rings (SSSR count). The number of hydrogen-bond donors (Lipinski definition) is 1. The lowest BCUT2D eigenvalue weighted by molar-refractivity contribution is 0.0620. The summed E-state index contributed by atoms with van der Waals surface area (Å²) in [7, 11) is 0. The minimum Gasteiger partial charge on any atom is -0.384 e. The summed E-state index contributed by atoms with van der Waals surface area (Å²) >= 11 is 0. The van der Waals surface area contributed by atoms with Crippen molar-refractivity contribution in [3.8, 4) is 0 Å². The SMILES string of the molecule is CCn1ccnc1C(O)C(CC)(CC)c1ccccc1. The van der Waals surface area contributed by atoms with Gasteiger partial charge in [-0.05, 0) is 25.3 Å². The third kappa shape index (κ3) is 2.38. The standard InChI is InChI=1S/C17H24N2O/c1-4-17(5-2,14-10-8-7-9-11-14)15(20)16-18-12-13-19(16)6-3/h7-13,15,20H,4-6H2,1-3H3. The van der Waals surface area contributed by atoms with Crippen LogP contribution in [0.5, 0.6) is 0 Å². The van der Waals surface area contributed by atoms with Crippen LogP contribution in [0.15, 0.2) is 42.7 Å². The smallest absolute Gasteiger partial charge is 0.138 e. The maximum Gasteiger partial charge on any atom is 0.138 e. The van der Waals surface area contributed by atoms with Gasteiger partial charge in [-0.25, -0.2) is 4.98 Å². The van der Waals surface area contributed by atoms with Crippen LogP contribution < -0.4 is 0 Å². The number of benzene rings is 1. The first-order valence-electron chi connectivity index (χ1n) is 7.44. The van der Waals surface area contributed by atoms with E-state index < -0.39 is 6.10 Å². The van der Waals surface area contributed by atoms with Gasteiger partial charge in [-0.2, -0.15) is 0 Å². The van der Waals surface area contributed by atoms with E-state index in [0.29, 0.717) is 0 Å². The van der Waals surface area contributed by atoms with E-state index in [4.69, 9.17) is 0 Å². The van der Waals surface area contributed by atoms with Gasteiger partial charge in [0.15, 0.2) is 0 Å². The Balaban J connectivity index is 2.48. The molecule has 0 saturated heterocycles. The molecule has 0 saturated carbocycles. The summed E-state index contributed by atoms with van der Waals surface area (Å²) < 4.78 is 2.02. The van der Waals surface area contributed by atoms with E-state index in [1.807, 2.05) is 29.0 Å². The van der Waals surface area contributed by atoms with Gasteiger partial charge in [0, 0.05) is 24.4 Å². The number of aromatic nitrogens is 2. The molecule has 1 atom stereocenters. The Labute approximate surface area is 121 Å². The molecule has 3 heteroatoms. The number of aliphatic hydroxyl groups is 1. The fraction of sp³-hybridized carbons (Fsp3) is 0.471. The van der Waals surface area contributed by atoms with Crippen LogP contribution in [-0.4, -0.2) is 14.7 Å². The Hall–Kier alpha value is -1.61. The Morgan fingerprint density at radius 2 is 1.80 bits per heavy atom. The van der Waals surface area contributed by atoms with Crippen molar-refractivity contribution < 1.29 is 5.11 Å². The maximum atomic E-state index is 11.0. The summed E-state index contributed by atoms with van der Waals surface area (Å²) in [5, 5.41) is 11.0. The summed E-state index contributed by atoms with van der Waals surface area (Å²) in [4.78, 5) is 4.39. The van der Waals surface area contributed by atoms with Crippen LogP contribution in [0.4, 0.5) is 0 Å². The van der Waals surface area contributed by atoms with Crippen LogP contribution in [0.1, 0.15) is 51.1 Å². The van der Waals surface area contributed by atoms with Crippen LogP contribution in [0.25, 0.3) is 0 Å². The van der Waals surface area contributed by atoms with Gasteiger partial charge in [0.2, 0.25) is 0 Å². The van der Waals surface area contributed by atoms with Gasteiger partial charge >= 0.3 is 0 Å². The quantitative estimate of drug-likeness (QED) is 0.870. The van der Waals surface area contributed by atoms with Crippen molar-refractivity contribution in [1.29, 1.82) is 0 Å². The first-order valence-corrected chi connectivity index (χ1v) is 7.44. The molecule has 0 aliphatic rings. The van der Waals surface area contributed by atoms with E-state index in [1.165, 1.54) is 5.56 Å². The Morgan fingerprint density at radius 3 is 2.35 bits per heavy atom. The number of imidazole rings is 1. The average Bonchev–Trinajstić information content (AvgIpc) is 2.98. The summed E-state index contributed by atoms with van der Waals surface area (Å²) in [6, 6.07) is 10.3. The Morgan fingerprint density at radius 1 is 1.15 bits per heavy atom. The van der Waals surface area contributed by atoms with Crippen molar-refractivity contribution in [1.82, 2.24) is 9.55 Å². The second-order valence-corrected chi connectivity index (χ2v) is 5.20. The second kappa shape index (κ2) is 6.23. The van der Waals surface area contributed by atoms with E-state index in [1.54, 1.807) is 6.20 Å². The molecule has 3 nitrogen and oxygen atoms in total. The summed E-state index contributed by atoms with van der Waals surface area (Å²) in [5.74, 6) is 0.764. The first kappa shape index (κ1) is 14.8. The fourth-order valence-electron chi connectivity index (χ4n) is 3.06. The number of nitrogens with zero attached hydrogens (tertiary/aromatic N) is 2. The van der Waals surface area contributed by atoms with Crippen LogP contribution >= 0.6 is 0 Å². The van der Waals surface area contributed by atoms with Crippen LogP contribution in [0, 0.1) is 0 Å². The molecule has 1 aromatic carbocycles. The molecule has 1 aromatic heterocycles. The monoisotopic (exact) mass is 272 g/mol. The predicted molar refractivity (Wildman–Crippen MR) is 81.6 cm³/mol. The topological polar surface area (TPSA) is 38.0 Å². The number of hydrogen-bond acceptors (Lipinski definition) is 2. The van der Waals surface area contributed by atoms with E-state index in [2.05, 4.69) is 37.9 Å². The molecule has 0 radical (unpaired) electrons. The van der Waals surface area contributed by atoms with Gasteiger partial charge in [-0.3, -0.25) is 0 Å². The van der Waals surface area contributed by atoms with Crippen LogP contribution in [-0.2, 0) is 12.0 Å². The highest BCUT2D eigenvalue weighted by molar-refractivity contribution is 5.28. The molecule has 1 unspecified atom stereocenters. The summed E-state index contributed by atoms with van der Waals surface area (Å²) in [6.45, 7) is 7.17. The predicted octanol–water partition coefficient (Wildman–Crippen LogP) is 3.69. The summed E-state index contributed by atoms with van der Waals surface area (Å²) in [6.07, 6.45) is 4.87. The molecule has 0 spiro atoms. The zero-order valence-corrected chi connectivity index (χ0v) is 12.6. The highest BCUT2D eigenvalue weighted by atomic mass is 16.3. The molecule has 0 fully saturated rings. The van der Waals surface area contributed by atoms with Gasteiger partial charge in [-0.1, -0.05) is 44.2 Å². The van der Waals surface area contributed by atoms with Gasteiger partial charge in [0.25, 0.3) is 0 Å². The van der Waals surface area contributed by atoms with Crippen molar-refractivity contribution in [3.05, 3.63) is 54.1 Å². The third-order valence-electron chi connectivity index (χ3n) is 4.47. The molecule has 108 valence electrons. The van der Waals surface area contributed by atoms with Gasteiger partial charge in [0.05, 0.1) is 0 Å². The molecular weight excluding hydrogens is 248 g/mol. The molecular formula is C17H24N2O. The molecule has 0 aliphatic carbocycles. The highest BCUT2D eigenvalue weighted by Crippen LogP contribution is 2.42. The van der Waals surface area contributed by atoms with E-state index in [-0.39, 0.29) is 5.41 Å². The number of aliphatic hydroxyl groups excluding tert-OH is 1. The highest BCUT2D eigenvalue weighted by Gasteiger charge is 2.39. The normalized spacial score (nSPS) is 13.4. The van der Waals surface area contributed by atoms with Gasteiger partial charge in [-0.15, -0.1) is 0 Å². The number of aryl methyl sites for hydroxylation is 1. The first-order chi connectivity index (χ1) is 9.69. The van der Waals surface area contributed by atoms with Crippen molar-refractivity contribution in [3.63, 3.8) is 0 Å². The third-order valence-corrected chi connectivity index (χ3v) is 4.47. The zero-order chi connectivity index (χ0) is 14.6. The van der Waals surface area contributed by atoms with Gasteiger partial charge in [0.1, 0.15) is 11.9 Å². The number of rotatable bonds is 6. The van der Waals surface area contributed by atoms with E-state index >= 15 is 0 Å². The van der Waals surface area contributed by atoms with Crippen LogP contribution in [0.2, 0.25) is 0 Å². The van der Waals surface area contributed by atoms with Crippen molar-refractivity contribution in [2.75, 3.05) is 0 Å². The minimum atomic E-state index is -0.588. The van der Waals surface area contributed by atoms with Crippen molar-refractivity contribution in [2.45, 2.75) is 51.7 Å². The average molecular weight is 272 g/mol. The molecule has 1 N–H and O–H groups in total. The fourth-order valence-corrected chi connectivity index (χ4v) is 3.06. The van der Waals surface area contributed by atoms with E-state index in [0.717, 1.165) is 25.2 Å². The lowest BCUT2D eigenvalue weighted by atomic mass is 9.71. The molecule has 2 aromatic rings. The molecule has 0 amide bonds. The molecule has 0 bridgehead atoms. The second-order valence-electron chi connectivity index (χ2n) is 5.20. The van der Waals surface area contributed by atoms with Crippen molar-refractivity contribution >= 4 is 0 Å². The van der Waals surface area contributed by atoms with E-state index in [9.17, 15) is 5.11 Å². The molecule has 1 heterocycles. The molecule has 20 heavy (non-hydrogen) atoms. The Kier molecular flexibility index (Phi) is 4.61. The van der Waals surface area contributed by atoms with Crippen LogP contribution in [0.3, 0.4) is 0 Å². The lowest BCUT2D eigenvalue weighted by Crippen LogP contribution is -2.34. The molecule has 0 aliphatic heterocycles. The summed E-state index contributed by atoms with van der Waals surface area (Å²) in [5.41, 5.74) is 0.905. The Bertz CT molecular complexity index is 529. The zero-order valence-electron chi connectivity index (χ0n) is 12.6. The van der Waals surface area contributed by atoms with Crippen molar-refractivity contribution in [2.24, 2.45) is 0 Å². The largest absolute Gasteiger partial charge is 0.384 e. The van der Waals surface area contributed by atoms with Gasteiger partial charge < -0.3 is 9.67 Å². The lowest BCUT2D eigenvalue weighted by Gasteiger charge is -2.37.